The molecule has 126 valence electrons. The minimum Gasteiger partial charge on any atom is -0.507 e. The number of halogens is 1. The molecular weight excluding hydrogens is 332 g/mol. The molecule has 0 bridgehead atoms. The number of aromatic nitrogens is 2. The maximum Gasteiger partial charge on any atom is 0.288 e. The Morgan fingerprint density at radius 1 is 1.38 bits per heavy atom. The van der Waals surface area contributed by atoms with Crippen LogP contribution in [0.25, 0.3) is 0 Å². The summed E-state index contributed by atoms with van der Waals surface area (Å²) in [5, 5.41) is 13.8. The predicted octanol–water partition coefficient (Wildman–Crippen LogP) is 2.73. The topological polar surface area (TPSA) is 81.4 Å². The van der Waals surface area contributed by atoms with E-state index in [1.165, 1.54) is 23.0 Å². The van der Waals surface area contributed by atoms with Gasteiger partial charge in [0.05, 0.1) is 11.8 Å². The van der Waals surface area contributed by atoms with E-state index in [0.29, 0.717) is 18.6 Å². The Morgan fingerprint density at radius 3 is 2.88 bits per heavy atom. The molecule has 1 fully saturated rings. The van der Waals surface area contributed by atoms with E-state index in [4.69, 9.17) is 16.3 Å². The number of Topliss-reactive ketones (excluding diaryl/α,β-unsaturated/α-hetero) is 1. The van der Waals surface area contributed by atoms with Gasteiger partial charge in [-0.3, -0.25) is 9.59 Å². The number of hydrogen-bond acceptors (Lipinski definition) is 5. The number of phenolic OH excluding ortho intramolecular Hbond substituents is 1. The lowest BCUT2D eigenvalue weighted by atomic mass is 10.0. The van der Waals surface area contributed by atoms with Crippen LogP contribution < -0.4 is 5.56 Å². The highest BCUT2D eigenvalue weighted by molar-refractivity contribution is 6.31. The zero-order chi connectivity index (χ0) is 17.1. The highest BCUT2D eigenvalue weighted by Crippen LogP contribution is 2.23. The molecule has 1 aliphatic rings. The van der Waals surface area contributed by atoms with Gasteiger partial charge in [-0.2, -0.15) is 9.78 Å². The van der Waals surface area contributed by atoms with Gasteiger partial charge in [0.15, 0.2) is 12.0 Å². The normalized spacial score (nSPS) is 17.6. The van der Waals surface area contributed by atoms with Crippen molar-refractivity contribution in [3.8, 4) is 5.75 Å². The second-order valence-electron chi connectivity index (χ2n) is 5.67. The number of ketones is 1. The summed E-state index contributed by atoms with van der Waals surface area (Å²) in [6.07, 6.45) is 3.53. The van der Waals surface area contributed by atoms with Gasteiger partial charge in [0.2, 0.25) is 0 Å². The number of carbonyl (C=O) groups excluding carboxylic acids is 1. The number of carbonyl (C=O) groups is 1. The summed E-state index contributed by atoms with van der Waals surface area (Å²) in [7, 11) is 0. The van der Waals surface area contributed by atoms with Crippen LogP contribution in [0.3, 0.4) is 0 Å². The molecule has 7 heteroatoms. The van der Waals surface area contributed by atoms with Gasteiger partial charge in [-0.15, -0.1) is 0 Å². The molecule has 1 aliphatic heterocycles. The van der Waals surface area contributed by atoms with Crippen molar-refractivity contribution in [2.45, 2.75) is 31.9 Å². The van der Waals surface area contributed by atoms with E-state index in [1.54, 1.807) is 12.1 Å². The second-order valence-corrected chi connectivity index (χ2v) is 6.05. The number of para-hydroxylation sites is 1. The van der Waals surface area contributed by atoms with Gasteiger partial charge < -0.3 is 9.84 Å². The third-order valence-corrected chi connectivity index (χ3v) is 4.40. The minimum atomic E-state index is -0.467. The van der Waals surface area contributed by atoms with Gasteiger partial charge in [-0.1, -0.05) is 23.7 Å². The molecule has 0 spiro atoms. The molecule has 24 heavy (non-hydrogen) atoms. The first kappa shape index (κ1) is 16.7. The third kappa shape index (κ3) is 3.34. The van der Waals surface area contributed by atoms with Crippen molar-refractivity contribution in [1.82, 2.24) is 9.78 Å². The summed E-state index contributed by atoms with van der Waals surface area (Å²) in [5.74, 6) is -0.432. The standard InChI is InChI=1S/C17H17ClN2O4/c18-16-11(9-14(22)12-5-1-2-6-13(12)21)10-19-20(17(16)23)15-7-3-4-8-24-15/h1-2,5-6,10,15,21H,3-4,7-9H2. The van der Waals surface area contributed by atoms with E-state index in [-0.39, 0.29) is 28.5 Å². The van der Waals surface area contributed by atoms with Crippen molar-refractivity contribution in [2.75, 3.05) is 6.61 Å². The van der Waals surface area contributed by atoms with Crippen LogP contribution in [0, 0.1) is 0 Å². The lowest BCUT2D eigenvalue weighted by Gasteiger charge is -2.23. The highest BCUT2D eigenvalue weighted by atomic mass is 35.5. The number of hydrogen-bond donors (Lipinski definition) is 1. The fourth-order valence-electron chi connectivity index (χ4n) is 2.70. The van der Waals surface area contributed by atoms with Crippen molar-refractivity contribution < 1.29 is 14.6 Å². The fraction of sp³-hybridized carbons (Fsp3) is 0.353. The van der Waals surface area contributed by atoms with Crippen molar-refractivity contribution in [2.24, 2.45) is 0 Å². The number of rotatable bonds is 4. The van der Waals surface area contributed by atoms with Crippen molar-refractivity contribution in [3.05, 3.63) is 57.0 Å². The fourth-order valence-corrected chi connectivity index (χ4v) is 2.90. The van der Waals surface area contributed by atoms with E-state index in [1.807, 2.05) is 0 Å². The van der Waals surface area contributed by atoms with Gasteiger partial charge in [0, 0.05) is 18.6 Å². The molecule has 2 aromatic rings. The maximum atomic E-state index is 12.4. The molecule has 0 radical (unpaired) electrons. The molecule has 2 heterocycles. The number of ether oxygens (including phenoxy) is 1. The maximum absolute atomic E-state index is 12.4. The Hall–Kier alpha value is -2.18. The summed E-state index contributed by atoms with van der Waals surface area (Å²) in [6.45, 7) is 0.587. The van der Waals surface area contributed by atoms with Crippen molar-refractivity contribution in [1.29, 1.82) is 0 Å². The lowest BCUT2D eigenvalue weighted by Crippen LogP contribution is -2.32. The SMILES string of the molecule is O=C(Cc1cnn(C2CCCCO2)c(=O)c1Cl)c1ccccc1O. The quantitative estimate of drug-likeness (QED) is 0.859. The van der Waals surface area contributed by atoms with Crippen LogP contribution >= 0.6 is 11.6 Å². The minimum absolute atomic E-state index is 0.0389. The Balaban J connectivity index is 1.85. The monoisotopic (exact) mass is 348 g/mol. The van der Waals surface area contributed by atoms with Gasteiger partial charge in [-0.05, 0) is 31.4 Å². The molecule has 0 amide bonds. The van der Waals surface area contributed by atoms with Crippen LogP contribution in [-0.4, -0.2) is 27.3 Å². The molecule has 1 unspecified atom stereocenters. The number of aromatic hydroxyl groups is 1. The number of nitrogens with zero attached hydrogens (tertiary/aromatic N) is 2. The van der Waals surface area contributed by atoms with Crippen molar-refractivity contribution >= 4 is 17.4 Å². The molecule has 6 nitrogen and oxygen atoms in total. The number of phenols is 1. The Morgan fingerprint density at radius 2 is 2.17 bits per heavy atom. The first-order valence-electron chi connectivity index (χ1n) is 7.77. The largest absolute Gasteiger partial charge is 0.507 e. The van der Waals surface area contributed by atoms with Gasteiger partial charge >= 0.3 is 0 Å². The first-order chi connectivity index (χ1) is 11.6. The Kier molecular flexibility index (Phi) is 4.97. The summed E-state index contributed by atoms with van der Waals surface area (Å²) in [4.78, 5) is 24.7. The molecule has 1 saturated heterocycles. The van der Waals surface area contributed by atoms with Crippen LogP contribution in [0.1, 0.15) is 41.4 Å². The van der Waals surface area contributed by atoms with Gasteiger partial charge in [-0.25, -0.2) is 0 Å². The van der Waals surface area contributed by atoms with E-state index < -0.39 is 11.8 Å². The molecule has 1 N–H and O–H groups in total. The zero-order valence-electron chi connectivity index (χ0n) is 12.9. The Labute approximate surface area is 143 Å². The molecule has 0 aliphatic carbocycles. The smallest absolute Gasteiger partial charge is 0.288 e. The highest BCUT2D eigenvalue weighted by Gasteiger charge is 2.21. The van der Waals surface area contributed by atoms with E-state index in [9.17, 15) is 14.7 Å². The van der Waals surface area contributed by atoms with Crippen LogP contribution in [0.4, 0.5) is 0 Å². The average molecular weight is 349 g/mol. The Bertz CT molecular complexity index is 812. The molecule has 3 rings (SSSR count). The molecular formula is C17H17ClN2O4. The average Bonchev–Trinajstić information content (AvgIpc) is 2.60. The molecule has 1 aromatic carbocycles. The summed E-state index contributed by atoms with van der Waals surface area (Å²) < 4.78 is 6.78. The van der Waals surface area contributed by atoms with Gasteiger partial charge in [0.1, 0.15) is 10.8 Å². The van der Waals surface area contributed by atoms with Crippen LogP contribution in [0.5, 0.6) is 5.75 Å². The molecule has 1 atom stereocenters. The lowest BCUT2D eigenvalue weighted by molar-refractivity contribution is -0.0425. The number of benzene rings is 1. The summed E-state index contributed by atoms with van der Waals surface area (Å²) in [5.41, 5.74) is 0.0569. The zero-order valence-corrected chi connectivity index (χ0v) is 13.7. The van der Waals surface area contributed by atoms with Crippen LogP contribution in [0.2, 0.25) is 5.02 Å². The van der Waals surface area contributed by atoms with Gasteiger partial charge in [0.25, 0.3) is 5.56 Å². The predicted molar refractivity (Wildman–Crippen MR) is 88.5 cm³/mol. The van der Waals surface area contributed by atoms with Crippen molar-refractivity contribution in [3.63, 3.8) is 0 Å². The summed E-state index contributed by atoms with van der Waals surface area (Å²) in [6, 6.07) is 6.25. The summed E-state index contributed by atoms with van der Waals surface area (Å²) >= 11 is 6.15. The van der Waals surface area contributed by atoms with E-state index in [2.05, 4.69) is 5.10 Å². The third-order valence-electron chi connectivity index (χ3n) is 4.00. The van der Waals surface area contributed by atoms with Crippen LogP contribution in [-0.2, 0) is 11.2 Å². The van der Waals surface area contributed by atoms with E-state index >= 15 is 0 Å². The first-order valence-corrected chi connectivity index (χ1v) is 8.14. The van der Waals surface area contributed by atoms with Crippen LogP contribution in [0.15, 0.2) is 35.3 Å². The van der Waals surface area contributed by atoms with E-state index in [0.717, 1.165) is 12.8 Å². The molecule has 0 saturated carbocycles. The second kappa shape index (κ2) is 7.15. The molecule has 1 aromatic heterocycles.